The molecule has 4 nitrogen and oxygen atoms in total. The Labute approximate surface area is 100 Å². The van der Waals surface area contributed by atoms with Crippen LogP contribution >= 0.6 is 0 Å². The van der Waals surface area contributed by atoms with Gasteiger partial charge in [-0.05, 0) is 31.2 Å². The Balaban J connectivity index is 2.15. The van der Waals surface area contributed by atoms with Crippen molar-refractivity contribution < 1.29 is 4.92 Å². The molecule has 2 N–H and O–H groups in total. The summed E-state index contributed by atoms with van der Waals surface area (Å²) in [6.07, 6.45) is 6.09. The lowest BCUT2D eigenvalue weighted by Crippen LogP contribution is -2.23. The predicted octanol–water partition coefficient (Wildman–Crippen LogP) is 2.88. The molecule has 0 saturated heterocycles. The van der Waals surface area contributed by atoms with Gasteiger partial charge in [0.2, 0.25) is 0 Å². The van der Waals surface area contributed by atoms with Crippen LogP contribution in [0, 0.1) is 10.1 Å². The van der Waals surface area contributed by atoms with Crippen molar-refractivity contribution in [2.24, 2.45) is 5.73 Å². The first-order chi connectivity index (χ1) is 8.15. The van der Waals surface area contributed by atoms with Crippen LogP contribution in [0.25, 0.3) is 6.08 Å². The minimum Gasteiger partial charge on any atom is -0.328 e. The first-order valence-electron chi connectivity index (χ1n) is 5.84. The van der Waals surface area contributed by atoms with Crippen LogP contribution in [0.2, 0.25) is 0 Å². The van der Waals surface area contributed by atoms with E-state index in [1.807, 2.05) is 6.07 Å². The van der Waals surface area contributed by atoms with Crippen molar-refractivity contribution in [1.82, 2.24) is 0 Å². The normalized spacial score (nSPS) is 20.1. The van der Waals surface area contributed by atoms with Gasteiger partial charge in [-0.3, -0.25) is 10.1 Å². The highest BCUT2D eigenvalue weighted by atomic mass is 16.6. The van der Waals surface area contributed by atoms with Crippen LogP contribution in [-0.2, 0) is 0 Å². The molecule has 1 aromatic rings. The van der Waals surface area contributed by atoms with Gasteiger partial charge in [0.1, 0.15) is 0 Å². The van der Waals surface area contributed by atoms with E-state index in [0.717, 1.165) is 31.2 Å². The maximum absolute atomic E-state index is 10.7. The maximum Gasteiger partial charge on any atom is 0.270 e. The molecule has 0 spiro atoms. The molecule has 1 saturated carbocycles. The van der Waals surface area contributed by atoms with Gasteiger partial charge in [-0.1, -0.05) is 23.8 Å². The molecule has 1 aliphatic rings. The van der Waals surface area contributed by atoms with Gasteiger partial charge in [0.15, 0.2) is 0 Å². The highest BCUT2D eigenvalue weighted by molar-refractivity contribution is 5.56. The van der Waals surface area contributed by atoms with Crippen molar-refractivity contribution in [3.8, 4) is 0 Å². The van der Waals surface area contributed by atoms with E-state index in [0.29, 0.717) is 6.04 Å². The molecule has 0 aromatic heterocycles. The highest BCUT2D eigenvalue weighted by Gasteiger charge is 2.12. The van der Waals surface area contributed by atoms with Gasteiger partial charge >= 0.3 is 0 Å². The largest absolute Gasteiger partial charge is 0.328 e. The monoisotopic (exact) mass is 232 g/mol. The summed E-state index contributed by atoms with van der Waals surface area (Å²) in [5.41, 5.74) is 8.23. The molecule has 1 aromatic carbocycles. The van der Waals surface area contributed by atoms with Gasteiger partial charge in [0.05, 0.1) is 4.92 Å². The molecular formula is C13H16N2O2. The van der Waals surface area contributed by atoms with E-state index in [1.54, 1.807) is 12.1 Å². The number of nitrogens with zero attached hydrogens (tertiary/aromatic N) is 1. The SMILES string of the molecule is NC1CCC(=Cc2cccc([N+](=O)[O-])c2)CC1. The first kappa shape index (κ1) is 11.8. The van der Waals surface area contributed by atoms with Gasteiger partial charge in [-0.15, -0.1) is 0 Å². The summed E-state index contributed by atoms with van der Waals surface area (Å²) in [6.45, 7) is 0. The molecule has 17 heavy (non-hydrogen) atoms. The Bertz CT molecular complexity index is 444. The second-order valence-electron chi connectivity index (χ2n) is 4.49. The van der Waals surface area contributed by atoms with E-state index in [1.165, 1.54) is 11.6 Å². The topological polar surface area (TPSA) is 69.2 Å². The minimum atomic E-state index is -0.362. The van der Waals surface area contributed by atoms with E-state index < -0.39 is 0 Å². The van der Waals surface area contributed by atoms with E-state index in [-0.39, 0.29) is 10.6 Å². The molecule has 0 unspecified atom stereocenters. The van der Waals surface area contributed by atoms with Crippen molar-refractivity contribution in [1.29, 1.82) is 0 Å². The minimum absolute atomic E-state index is 0.145. The lowest BCUT2D eigenvalue weighted by Gasteiger charge is -2.20. The van der Waals surface area contributed by atoms with Gasteiger partial charge in [-0.25, -0.2) is 0 Å². The zero-order chi connectivity index (χ0) is 12.3. The van der Waals surface area contributed by atoms with Crippen molar-refractivity contribution in [2.45, 2.75) is 31.7 Å². The van der Waals surface area contributed by atoms with Crippen LogP contribution in [0.1, 0.15) is 31.2 Å². The standard InChI is InChI=1S/C13H16N2O2/c14-12-6-4-10(5-7-12)8-11-2-1-3-13(9-11)15(16)17/h1-3,8-9,12H,4-7,14H2. The fourth-order valence-corrected chi connectivity index (χ4v) is 2.12. The Hall–Kier alpha value is -1.68. The summed E-state index contributed by atoms with van der Waals surface area (Å²) in [6, 6.07) is 7.06. The molecule has 1 aliphatic carbocycles. The average Bonchev–Trinajstić information content (AvgIpc) is 2.32. The molecule has 0 radical (unpaired) electrons. The Morgan fingerprint density at radius 1 is 1.35 bits per heavy atom. The van der Waals surface area contributed by atoms with Crippen molar-refractivity contribution >= 4 is 11.8 Å². The smallest absolute Gasteiger partial charge is 0.270 e. The van der Waals surface area contributed by atoms with Crippen molar-refractivity contribution in [2.75, 3.05) is 0 Å². The zero-order valence-corrected chi connectivity index (χ0v) is 9.63. The van der Waals surface area contributed by atoms with Crippen LogP contribution in [0.5, 0.6) is 0 Å². The van der Waals surface area contributed by atoms with Crippen LogP contribution < -0.4 is 5.73 Å². The summed E-state index contributed by atoms with van der Waals surface area (Å²) in [7, 11) is 0. The quantitative estimate of drug-likeness (QED) is 0.629. The van der Waals surface area contributed by atoms with Crippen LogP contribution in [0.15, 0.2) is 29.8 Å². The van der Waals surface area contributed by atoms with Crippen LogP contribution in [0.4, 0.5) is 5.69 Å². The molecule has 0 bridgehead atoms. The molecule has 0 amide bonds. The number of nitrogens with two attached hydrogens (primary N) is 1. The van der Waals surface area contributed by atoms with E-state index in [9.17, 15) is 10.1 Å². The third-order valence-corrected chi connectivity index (χ3v) is 3.12. The van der Waals surface area contributed by atoms with Gasteiger partial charge in [-0.2, -0.15) is 0 Å². The maximum atomic E-state index is 10.7. The Morgan fingerprint density at radius 3 is 2.71 bits per heavy atom. The molecular weight excluding hydrogens is 216 g/mol. The fourth-order valence-electron chi connectivity index (χ4n) is 2.12. The summed E-state index contributed by atoms with van der Waals surface area (Å²) >= 11 is 0. The van der Waals surface area contributed by atoms with Crippen molar-refractivity contribution in [3.05, 3.63) is 45.5 Å². The summed E-state index contributed by atoms with van der Waals surface area (Å²) < 4.78 is 0. The second kappa shape index (κ2) is 5.10. The molecule has 90 valence electrons. The number of non-ortho nitro benzene ring substituents is 1. The third kappa shape index (κ3) is 3.14. The van der Waals surface area contributed by atoms with E-state index in [4.69, 9.17) is 5.73 Å². The number of hydrogen-bond acceptors (Lipinski definition) is 3. The molecule has 0 atom stereocenters. The number of nitro benzene ring substituents is 1. The summed E-state index contributed by atoms with van der Waals surface area (Å²) in [4.78, 5) is 10.3. The van der Waals surface area contributed by atoms with Crippen LogP contribution in [-0.4, -0.2) is 11.0 Å². The predicted molar refractivity (Wildman–Crippen MR) is 67.5 cm³/mol. The molecule has 2 rings (SSSR count). The van der Waals surface area contributed by atoms with E-state index >= 15 is 0 Å². The summed E-state index contributed by atoms with van der Waals surface area (Å²) in [5.74, 6) is 0. The van der Waals surface area contributed by atoms with Gasteiger partial charge < -0.3 is 5.73 Å². The second-order valence-corrected chi connectivity index (χ2v) is 4.49. The Kier molecular flexibility index (Phi) is 3.54. The number of allylic oxidation sites excluding steroid dienone is 1. The van der Waals surface area contributed by atoms with E-state index in [2.05, 4.69) is 6.08 Å². The molecule has 1 fully saturated rings. The van der Waals surface area contributed by atoms with Crippen molar-refractivity contribution in [3.63, 3.8) is 0 Å². The fraction of sp³-hybridized carbons (Fsp3) is 0.385. The number of nitro groups is 1. The lowest BCUT2D eigenvalue weighted by molar-refractivity contribution is -0.384. The zero-order valence-electron chi connectivity index (χ0n) is 9.63. The first-order valence-corrected chi connectivity index (χ1v) is 5.84. The Morgan fingerprint density at radius 2 is 2.06 bits per heavy atom. The number of hydrogen-bond donors (Lipinski definition) is 1. The van der Waals surface area contributed by atoms with Crippen LogP contribution in [0.3, 0.4) is 0 Å². The number of rotatable bonds is 2. The van der Waals surface area contributed by atoms with Gasteiger partial charge in [0.25, 0.3) is 5.69 Å². The highest BCUT2D eigenvalue weighted by Crippen LogP contribution is 2.25. The lowest BCUT2D eigenvalue weighted by atomic mass is 9.90. The third-order valence-electron chi connectivity index (χ3n) is 3.12. The van der Waals surface area contributed by atoms with Gasteiger partial charge in [0, 0.05) is 18.2 Å². The molecule has 0 heterocycles. The summed E-state index contributed by atoms with van der Waals surface area (Å²) in [5, 5.41) is 10.7. The molecule has 4 heteroatoms. The average molecular weight is 232 g/mol. The molecule has 0 aliphatic heterocycles. The number of benzene rings is 1.